The molecule has 4 rings (SSSR count). The number of amides is 2. The molecule has 27 heavy (non-hydrogen) atoms. The number of rotatable bonds is 4. The van der Waals surface area contributed by atoms with Crippen molar-refractivity contribution in [2.24, 2.45) is 0 Å². The molecule has 0 radical (unpaired) electrons. The number of carbonyl (C=O) groups excluding carboxylic acids is 1. The summed E-state index contributed by atoms with van der Waals surface area (Å²) in [6.07, 6.45) is 7.11. The molecule has 0 unspecified atom stereocenters. The monoisotopic (exact) mass is 380 g/mol. The van der Waals surface area contributed by atoms with Crippen LogP contribution in [0.4, 0.5) is 16.3 Å². The van der Waals surface area contributed by atoms with Crippen LogP contribution < -0.4 is 10.6 Å². The normalized spacial score (nSPS) is 15.4. The molecule has 6 nitrogen and oxygen atoms in total. The molecule has 1 aromatic carbocycles. The van der Waals surface area contributed by atoms with Crippen LogP contribution >= 0.6 is 11.3 Å². The lowest BCUT2D eigenvalue weighted by Crippen LogP contribution is -2.20. The zero-order chi connectivity index (χ0) is 18.7. The number of carbonyl (C=O) groups is 1. The first-order valence-corrected chi connectivity index (χ1v) is 9.72. The van der Waals surface area contributed by atoms with E-state index in [-0.39, 0.29) is 6.03 Å². The van der Waals surface area contributed by atoms with Gasteiger partial charge in [0.25, 0.3) is 0 Å². The maximum absolute atomic E-state index is 12.0. The Kier molecular flexibility index (Phi) is 4.87. The van der Waals surface area contributed by atoms with Crippen LogP contribution in [0.3, 0.4) is 0 Å². The quantitative estimate of drug-likeness (QED) is 0.617. The highest BCUT2D eigenvalue weighted by molar-refractivity contribution is 7.15. The SMILES string of the molecule is O=C(Nc1ccccc1)Nc1ccc(-c2cnc(C3(O)CCCC3)s2)cn1. The summed E-state index contributed by atoms with van der Waals surface area (Å²) in [5.74, 6) is 0.464. The number of nitrogens with zero attached hydrogens (tertiary/aromatic N) is 2. The summed E-state index contributed by atoms with van der Waals surface area (Å²) in [5, 5.41) is 16.9. The number of hydrogen-bond acceptors (Lipinski definition) is 5. The second kappa shape index (κ2) is 7.46. The predicted molar refractivity (Wildman–Crippen MR) is 107 cm³/mol. The lowest BCUT2D eigenvalue weighted by Gasteiger charge is -2.18. The molecule has 138 valence electrons. The van der Waals surface area contributed by atoms with E-state index in [1.165, 1.54) is 11.3 Å². The van der Waals surface area contributed by atoms with E-state index >= 15 is 0 Å². The van der Waals surface area contributed by atoms with E-state index in [2.05, 4.69) is 20.6 Å². The molecule has 1 aliphatic rings. The number of nitrogens with one attached hydrogen (secondary N) is 2. The number of urea groups is 1. The second-order valence-corrected chi connectivity index (χ2v) is 7.68. The Balaban J connectivity index is 1.42. The fourth-order valence-corrected chi connectivity index (χ4v) is 4.26. The Labute approximate surface area is 161 Å². The Morgan fingerprint density at radius 1 is 1.00 bits per heavy atom. The van der Waals surface area contributed by atoms with E-state index < -0.39 is 5.60 Å². The molecule has 1 saturated carbocycles. The first kappa shape index (κ1) is 17.6. The highest BCUT2D eigenvalue weighted by Crippen LogP contribution is 2.41. The fraction of sp³-hybridized carbons (Fsp3) is 0.250. The van der Waals surface area contributed by atoms with Gasteiger partial charge in [-0.2, -0.15) is 0 Å². The van der Waals surface area contributed by atoms with Crippen LogP contribution in [0.2, 0.25) is 0 Å². The van der Waals surface area contributed by atoms with Crippen molar-refractivity contribution in [3.05, 3.63) is 59.9 Å². The molecule has 2 amide bonds. The first-order chi connectivity index (χ1) is 13.1. The van der Waals surface area contributed by atoms with Crippen molar-refractivity contribution in [3.8, 4) is 10.4 Å². The van der Waals surface area contributed by atoms with Gasteiger partial charge >= 0.3 is 6.03 Å². The van der Waals surface area contributed by atoms with Crippen LogP contribution in [0.15, 0.2) is 54.9 Å². The van der Waals surface area contributed by atoms with Gasteiger partial charge in [-0.15, -0.1) is 11.3 Å². The van der Waals surface area contributed by atoms with E-state index in [1.807, 2.05) is 36.4 Å². The van der Waals surface area contributed by atoms with E-state index in [0.717, 1.165) is 41.1 Å². The Hall–Kier alpha value is -2.77. The second-order valence-electron chi connectivity index (χ2n) is 6.65. The Bertz CT molecular complexity index is 919. The van der Waals surface area contributed by atoms with Gasteiger partial charge in [-0.05, 0) is 37.1 Å². The molecule has 2 heterocycles. The van der Waals surface area contributed by atoms with Crippen molar-refractivity contribution in [1.82, 2.24) is 9.97 Å². The number of thiazole rings is 1. The van der Waals surface area contributed by atoms with Gasteiger partial charge in [0.15, 0.2) is 0 Å². The minimum atomic E-state index is -0.770. The van der Waals surface area contributed by atoms with E-state index in [9.17, 15) is 9.90 Å². The van der Waals surface area contributed by atoms with E-state index in [0.29, 0.717) is 11.5 Å². The Morgan fingerprint density at radius 2 is 1.78 bits per heavy atom. The molecular weight excluding hydrogens is 360 g/mol. The van der Waals surface area contributed by atoms with Crippen molar-refractivity contribution < 1.29 is 9.90 Å². The lowest BCUT2D eigenvalue weighted by atomic mass is 10.0. The number of hydrogen-bond donors (Lipinski definition) is 3. The molecule has 0 saturated heterocycles. The van der Waals surface area contributed by atoms with Gasteiger partial charge in [0.05, 0.1) is 4.88 Å². The summed E-state index contributed by atoms with van der Waals surface area (Å²) in [5.41, 5.74) is 0.857. The van der Waals surface area contributed by atoms with Crippen molar-refractivity contribution in [1.29, 1.82) is 0 Å². The average Bonchev–Trinajstić information content (AvgIpc) is 3.33. The number of aromatic nitrogens is 2. The third kappa shape index (κ3) is 3.99. The van der Waals surface area contributed by atoms with Crippen LogP contribution in [0.1, 0.15) is 30.7 Å². The molecule has 2 aromatic heterocycles. The number of aliphatic hydroxyl groups is 1. The molecule has 0 atom stereocenters. The zero-order valence-corrected chi connectivity index (χ0v) is 15.5. The van der Waals surface area contributed by atoms with Crippen LogP contribution in [-0.4, -0.2) is 21.1 Å². The summed E-state index contributed by atoms with van der Waals surface area (Å²) >= 11 is 1.50. The highest BCUT2D eigenvalue weighted by Gasteiger charge is 2.35. The van der Waals surface area contributed by atoms with Crippen LogP contribution in [-0.2, 0) is 5.60 Å². The van der Waals surface area contributed by atoms with Gasteiger partial charge in [0, 0.05) is 23.6 Å². The third-order valence-corrected chi connectivity index (χ3v) is 5.90. The third-order valence-electron chi connectivity index (χ3n) is 4.66. The molecular formula is C20H20N4O2S. The van der Waals surface area contributed by atoms with Crippen LogP contribution in [0.25, 0.3) is 10.4 Å². The fourth-order valence-electron chi connectivity index (χ4n) is 3.21. The molecule has 1 fully saturated rings. The number of para-hydroxylation sites is 1. The van der Waals surface area contributed by atoms with Gasteiger partial charge in [-0.3, -0.25) is 5.32 Å². The number of pyridine rings is 1. The van der Waals surface area contributed by atoms with Gasteiger partial charge in [0.2, 0.25) is 0 Å². The standard InChI is InChI=1S/C20H20N4O2S/c25-19(23-15-6-2-1-3-7-15)24-17-9-8-14(12-21-17)16-13-22-18(27-16)20(26)10-4-5-11-20/h1-3,6-9,12-13,26H,4-5,10-11H2,(H2,21,23,24,25). The molecule has 7 heteroatoms. The molecule has 0 bridgehead atoms. The Morgan fingerprint density at radius 3 is 2.48 bits per heavy atom. The van der Waals surface area contributed by atoms with Gasteiger partial charge in [-0.1, -0.05) is 31.0 Å². The molecule has 1 aliphatic carbocycles. The smallest absolute Gasteiger partial charge is 0.324 e. The summed E-state index contributed by atoms with van der Waals surface area (Å²) in [7, 11) is 0. The van der Waals surface area contributed by atoms with Gasteiger partial charge in [0.1, 0.15) is 16.4 Å². The van der Waals surface area contributed by atoms with E-state index in [4.69, 9.17) is 0 Å². The maximum atomic E-state index is 12.0. The van der Waals surface area contributed by atoms with Crippen molar-refractivity contribution in [2.45, 2.75) is 31.3 Å². The minimum absolute atomic E-state index is 0.343. The number of anilines is 2. The zero-order valence-electron chi connectivity index (χ0n) is 14.7. The molecule has 0 spiro atoms. The van der Waals surface area contributed by atoms with Gasteiger partial charge in [-0.25, -0.2) is 14.8 Å². The van der Waals surface area contributed by atoms with Crippen molar-refractivity contribution in [2.75, 3.05) is 10.6 Å². The van der Waals surface area contributed by atoms with E-state index in [1.54, 1.807) is 18.5 Å². The maximum Gasteiger partial charge on any atom is 0.324 e. The largest absolute Gasteiger partial charge is 0.383 e. The van der Waals surface area contributed by atoms with Crippen molar-refractivity contribution in [3.63, 3.8) is 0 Å². The summed E-state index contributed by atoms with van der Waals surface area (Å²) < 4.78 is 0. The first-order valence-electron chi connectivity index (χ1n) is 8.91. The lowest BCUT2D eigenvalue weighted by molar-refractivity contribution is 0.0442. The molecule has 3 aromatic rings. The van der Waals surface area contributed by atoms with Crippen molar-refractivity contribution >= 4 is 28.9 Å². The topological polar surface area (TPSA) is 87.1 Å². The number of benzene rings is 1. The predicted octanol–water partition coefficient (Wildman–Crippen LogP) is 4.61. The summed E-state index contributed by atoms with van der Waals surface area (Å²) in [6.45, 7) is 0. The molecule has 0 aliphatic heterocycles. The summed E-state index contributed by atoms with van der Waals surface area (Å²) in [6, 6.07) is 12.5. The van der Waals surface area contributed by atoms with Crippen LogP contribution in [0.5, 0.6) is 0 Å². The molecule has 3 N–H and O–H groups in total. The minimum Gasteiger partial charge on any atom is -0.383 e. The van der Waals surface area contributed by atoms with Crippen LogP contribution in [0, 0.1) is 0 Å². The summed E-state index contributed by atoms with van der Waals surface area (Å²) in [4.78, 5) is 21.7. The highest BCUT2D eigenvalue weighted by atomic mass is 32.1. The van der Waals surface area contributed by atoms with Gasteiger partial charge < -0.3 is 10.4 Å². The average molecular weight is 380 g/mol.